The van der Waals surface area contributed by atoms with Gasteiger partial charge in [0.15, 0.2) is 0 Å². The molecule has 0 aromatic carbocycles. The van der Waals surface area contributed by atoms with Crippen LogP contribution < -0.4 is 16.2 Å². The second-order valence-electron chi connectivity index (χ2n) is 8.47. The third-order valence-corrected chi connectivity index (χ3v) is 6.72. The third kappa shape index (κ3) is 4.05. The summed E-state index contributed by atoms with van der Waals surface area (Å²) in [5.74, 6) is 0.343. The number of nitrogens with one attached hydrogen (secondary N) is 3. The van der Waals surface area contributed by atoms with Crippen LogP contribution in [0, 0.1) is 5.92 Å². The lowest BCUT2D eigenvalue weighted by molar-refractivity contribution is -0.123. The quantitative estimate of drug-likeness (QED) is 0.729. The van der Waals surface area contributed by atoms with Gasteiger partial charge >= 0.3 is 0 Å². The van der Waals surface area contributed by atoms with Crippen LogP contribution in [-0.2, 0) is 24.4 Å². The van der Waals surface area contributed by atoms with Crippen LogP contribution in [0.2, 0.25) is 0 Å². The van der Waals surface area contributed by atoms with E-state index in [-0.39, 0.29) is 17.9 Å². The van der Waals surface area contributed by atoms with E-state index in [9.17, 15) is 4.79 Å². The van der Waals surface area contributed by atoms with Gasteiger partial charge in [-0.25, -0.2) is 5.43 Å². The highest BCUT2D eigenvalue weighted by Crippen LogP contribution is 2.26. The van der Waals surface area contributed by atoms with Gasteiger partial charge in [-0.05, 0) is 31.2 Å². The Balaban J connectivity index is 1.31. The maximum atomic E-state index is 12.5. The Morgan fingerprint density at radius 1 is 1.26 bits per heavy atom. The van der Waals surface area contributed by atoms with E-state index in [1.807, 2.05) is 0 Å². The number of carbonyl (C=O) groups excluding carboxylic acids is 1. The van der Waals surface area contributed by atoms with Crippen LogP contribution in [0.3, 0.4) is 0 Å². The molecular weight excluding hydrogens is 340 g/mol. The molecule has 0 bridgehead atoms. The minimum Gasteiger partial charge on any atom is -0.349 e. The summed E-state index contributed by atoms with van der Waals surface area (Å²) in [6, 6.07) is 3.10. The zero-order valence-electron chi connectivity index (χ0n) is 16.7. The molecule has 1 saturated carbocycles. The Bertz CT molecular complexity index is 653. The van der Waals surface area contributed by atoms with Gasteiger partial charge in [0.25, 0.3) is 0 Å². The van der Waals surface area contributed by atoms with Gasteiger partial charge in [-0.1, -0.05) is 33.1 Å². The van der Waals surface area contributed by atoms with Crippen molar-refractivity contribution in [3.63, 3.8) is 0 Å². The largest absolute Gasteiger partial charge is 0.349 e. The number of nitrogens with zero attached hydrogens (tertiary/aromatic N) is 3. The highest BCUT2D eigenvalue weighted by Gasteiger charge is 2.35. The molecule has 0 spiro atoms. The minimum absolute atomic E-state index is 0.0563. The Kier molecular flexibility index (Phi) is 5.80. The van der Waals surface area contributed by atoms with Crippen molar-refractivity contribution >= 4 is 5.91 Å². The van der Waals surface area contributed by atoms with Crippen LogP contribution in [0.15, 0.2) is 6.07 Å². The van der Waals surface area contributed by atoms with Crippen molar-refractivity contribution in [1.29, 1.82) is 0 Å². The smallest absolute Gasteiger partial charge is 0.239 e. The first-order valence-corrected chi connectivity index (χ1v) is 10.7. The fraction of sp³-hybridized carbons (Fsp3) is 0.800. The normalized spacial score (nSPS) is 29.6. The average Bonchev–Trinajstić information content (AvgIpc) is 3.28. The van der Waals surface area contributed by atoms with E-state index < -0.39 is 0 Å². The van der Waals surface area contributed by atoms with Gasteiger partial charge < -0.3 is 5.32 Å². The molecule has 27 heavy (non-hydrogen) atoms. The summed E-state index contributed by atoms with van der Waals surface area (Å²) in [6.07, 6.45) is 7.85. The van der Waals surface area contributed by atoms with Crippen LogP contribution in [0.1, 0.15) is 63.8 Å². The van der Waals surface area contributed by atoms with Gasteiger partial charge in [0.2, 0.25) is 5.91 Å². The van der Waals surface area contributed by atoms with Crippen LogP contribution in [0.25, 0.3) is 0 Å². The SMILES string of the molecule is CCC1NNC(C(=O)NCc2cc3n(n2)CCN(C2CCCCC2)C3)C1C. The number of hydrogen-bond acceptors (Lipinski definition) is 5. The molecule has 2 fully saturated rings. The molecule has 1 aliphatic carbocycles. The van der Waals surface area contributed by atoms with Gasteiger partial charge in [-0.3, -0.25) is 19.8 Å². The number of aromatic nitrogens is 2. The molecule has 4 rings (SSSR count). The number of fused-ring (bicyclic) bond motifs is 1. The molecule has 150 valence electrons. The Hall–Kier alpha value is -1.44. The fourth-order valence-electron chi connectivity index (χ4n) is 4.95. The Labute approximate surface area is 162 Å². The Morgan fingerprint density at radius 3 is 2.81 bits per heavy atom. The van der Waals surface area contributed by atoms with Crippen LogP contribution in [0.5, 0.6) is 0 Å². The zero-order chi connectivity index (χ0) is 18.8. The van der Waals surface area contributed by atoms with Crippen molar-refractivity contribution in [2.75, 3.05) is 6.54 Å². The second-order valence-corrected chi connectivity index (χ2v) is 8.47. The van der Waals surface area contributed by atoms with Gasteiger partial charge in [0, 0.05) is 25.2 Å². The van der Waals surface area contributed by atoms with Crippen molar-refractivity contribution in [2.45, 2.75) is 90.1 Å². The molecule has 3 heterocycles. The summed E-state index contributed by atoms with van der Waals surface area (Å²) in [4.78, 5) is 15.2. The van der Waals surface area contributed by atoms with Crippen molar-refractivity contribution in [3.05, 3.63) is 17.5 Å². The summed E-state index contributed by atoms with van der Waals surface area (Å²) in [6.45, 7) is 7.82. The van der Waals surface area contributed by atoms with Crippen molar-refractivity contribution < 1.29 is 4.79 Å². The van der Waals surface area contributed by atoms with Crippen LogP contribution in [-0.4, -0.2) is 45.3 Å². The lowest BCUT2D eigenvalue weighted by Gasteiger charge is -2.36. The highest BCUT2D eigenvalue weighted by atomic mass is 16.2. The van der Waals surface area contributed by atoms with E-state index in [0.29, 0.717) is 12.6 Å². The van der Waals surface area contributed by atoms with Crippen molar-refractivity contribution in [3.8, 4) is 0 Å². The molecule has 3 aliphatic rings. The summed E-state index contributed by atoms with van der Waals surface area (Å²) in [7, 11) is 0. The molecule has 7 heteroatoms. The number of amides is 1. The Morgan fingerprint density at radius 2 is 2.07 bits per heavy atom. The molecule has 3 atom stereocenters. The van der Waals surface area contributed by atoms with E-state index in [2.05, 4.69) is 45.7 Å². The molecule has 1 aromatic rings. The molecule has 3 N–H and O–H groups in total. The van der Waals surface area contributed by atoms with Crippen LogP contribution >= 0.6 is 0 Å². The molecular formula is C20H34N6O. The fourth-order valence-corrected chi connectivity index (χ4v) is 4.95. The third-order valence-electron chi connectivity index (χ3n) is 6.72. The highest BCUT2D eigenvalue weighted by molar-refractivity contribution is 5.82. The number of carbonyl (C=O) groups is 1. The topological polar surface area (TPSA) is 74.2 Å². The lowest BCUT2D eigenvalue weighted by Crippen LogP contribution is -2.45. The van der Waals surface area contributed by atoms with Gasteiger partial charge in [0.05, 0.1) is 24.5 Å². The second kappa shape index (κ2) is 8.29. The summed E-state index contributed by atoms with van der Waals surface area (Å²) in [5.41, 5.74) is 8.62. The van der Waals surface area contributed by atoms with E-state index in [0.717, 1.165) is 37.8 Å². The molecule has 1 saturated heterocycles. The van der Waals surface area contributed by atoms with Crippen molar-refractivity contribution in [1.82, 2.24) is 30.8 Å². The number of rotatable bonds is 5. The van der Waals surface area contributed by atoms with Gasteiger partial charge in [0.1, 0.15) is 6.04 Å². The first-order chi connectivity index (χ1) is 13.2. The first kappa shape index (κ1) is 18.9. The molecule has 7 nitrogen and oxygen atoms in total. The number of hydrazine groups is 1. The minimum atomic E-state index is -0.172. The van der Waals surface area contributed by atoms with Crippen molar-refractivity contribution in [2.24, 2.45) is 5.92 Å². The summed E-state index contributed by atoms with van der Waals surface area (Å²) in [5, 5.41) is 7.79. The van der Waals surface area contributed by atoms with E-state index >= 15 is 0 Å². The summed E-state index contributed by atoms with van der Waals surface area (Å²) < 4.78 is 2.13. The number of hydrogen-bond donors (Lipinski definition) is 3. The molecule has 1 amide bonds. The van der Waals surface area contributed by atoms with Gasteiger partial charge in [-0.2, -0.15) is 5.10 Å². The molecule has 3 unspecified atom stereocenters. The maximum Gasteiger partial charge on any atom is 0.239 e. The monoisotopic (exact) mass is 374 g/mol. The first-order valence-electron chi connectivity index (χ1n) is 10.7. The van der Waals surface area contributed by atoms with Crippen LogP contribution in [0.4, 0.5) is 0 Å². The lowest BCUT2D eigenvalue weighted by atomic mass is 9.94. The summed E-state index contributed by atoms with van der Waals surface area (Å²) >= 11 is 0. The molecule has 2 aliphatic heterocycles. The standard InChI is InChI=1S/C20H34N6O/c1-3-18-14(2)19(23-22-18)20(27)21-12-15-11-17-13-25(9-10-26(17)24-15)16-7-5-4-6-8-16/h11,14,16,18-19,22-23H,3-10,12-13H2,1-2H3,(H,21,27). The predicted octanol–water partition coefficient (Wildman–Crippen LogP) is 1.54. The average molecular weight is 375 g/mol. The van der Waals surface area contributed by atoms with E-state index in [4.69, 9.17) is 5.10 Å². The van der Waals surface area contributed by atoms with E-state index in [1.54, 1.807) is 0 Å². The van der Waals surface area contributed by atoms with Gasteiger partial charge in [-0.15, -0.1) is 0 Å². The zero-order valence-corrected chi connectivity index (χ0v) is 16.7. The molecule has 1 aromatic heterocycles. The van der Waals surface area contributed by atoms with E-state index in [1.165, 1.54) is 37.8 Å². The molecule has 0 radical (unpaired) electrons. The predicted molar refractivity (Wildman–Crippen MR) is 105 cm³/mol. The maximum absolute atomic E-state index is 12.5.